The van der Waals surface area contributed by atoms with Crippen LogP contribution in [0.4, 0.5) is 0 Å². The van der Waals surface area contributed by atoms with Gasteiger partial charge in [-0.3, -0.25) is 9.59 Å². The number of carbonyl (C=O) groups is 2. The van der Waals surface area contributed by atoms with Crippen LogP contribution in [-0.4, -0.2) is 40.0 Å². The van der Waals surface area contributed by atoms with Gasteiger partial charge >= 0.3 is 5.97 Å². The van der Waals surface area contributed by atoms with Crippen molar-refractivity contribution in [1.82, 2.24) is 4.90 Å². The van der Waals surface area contributed by atoms with Crippen LogP contribution in [0.1, 0.15) is 53.4 Å². The lowest BCUT2D eigenvalue weighted by atomic mass is 9.74. The van der Waals surface area contributed by atoms with Crippen molar-refractivity contribution in [2.24, 2.45) is 11.1 Å². The average molecular weight is 270 g/mol. The highest BCUT2D eigenvalue weighted by Crippen LogP contribution is 2.33. The van der Waals surface area contributed by atoms with Crippen LogP contribution in [0.3, 0.4) is 0 Å². The highest BCUT2D eigenvalue weighted by molar-refractivity contribution is 5.86. The molecule has 5 nitrogen and oxygen atoms in total. The second kappa shape index (κ2) is 5.49. The number of rotatable bonds is 5. The SMILES string of the molecule is CC(C)(N)C(C)(C)C(=O)N(CC(=O)O)C1CCCC1. The van der Waals surface area contributed by atoms with E-state index in [1.54, 1.807) is 27.7 Å². The monoisotopic (exact) mass is 270 g/mol. The normalized spacial score (nSPS) is 17.5. The smallest absolute Gasteiger partial charge is 0.323 e. The van der Waals surface area contributed by atoms with E-state index in [0.29, 0.717) is 0 Å². The Labute approximate surface area is 115 Å². The first-order chi connectivity index (χ1) is 8.57. The lowest BCUT2D eigenvalue weighted by molar-refractivity contribution is -0.153. The van der Waals surface area contributed by atoms with Gasteiger partial charge in [-0.1, -0.05) is 12.8 Å². The summed E-state index contributed by atoms with van der Waals surface area (Å²) in [6.07, 6.45) is 3.89. The molecule has 3 N–H and O–H groups in total. The number of aliphatic carboxylic acids is 1. The molecule has 1 amide bonds. The third-order valence-electron chi connectivity index (χ3n) is 4.48. The van der Waals surface area contributed by atoms with Crippen molar-refractivity contribution in [3.63, 3.8) is 0 Å². The molecule has 0 heterocycles. The van der Waals surface area contributed by atoms with Gasteiger partial charge < -0.3 is 15.7 Å². The lowest BCUT2D eigenvalue weighted by Crippen LogP contribution is -2.58. The van der Waals surface area contributed by atoms with Crippen molar-refractivity contribution in [3.8, 4) is 0 Å². The number of amides is 1. The van der Waals surface area contributed by atoms with E-state index in [1.807, 2.05) is 0 Å². The maximum Gasteiger partial charge on any atom is 0.323 e. The van der Waals surface area contributed by atoms with Crippen LogP contribution in [0.5, 0.6) is 0 Å². The van der Waals surface area contributed by atoms with E-state index in [0.717, 1.165) is 25.7 Å². The van der Waals surface area contributed by atoms with Gasteiger partial charge in [0.05, 0.1) is 5.41 Å². The number of carbonyl (C=O) groups excluding carboxylic acids is 1. The van der Waals surface area contributed by atoms with Gasteiger partial charge in [-0.05, 0) is 40.5 Å². The largest absolute Gasteiger partial charge is 0.480 e. The standard InChI is InChI=1S/C14H26N2O3/c1-13(2,14(3,4)15)12(19)16(9-11(17)18)10-7-5-6-8-10/h10H,5-9,15H2,1-4H3,(H,17,18). The highest BCUT2D eigenvalue weighted by atomic mass is 16.4. The molecule has 19 heavy (non-hydrogen) atoms. The molecule has 0 unspecified atom stereocenters. The molecule has 0 spiro atoms. The Morgan fingerprint density at radius 1 is 1.21 bits per heavy atom. The zero-order valence-electron chi connectivity index (χ0n) is 12.4. The minimum Gasteiger partial charge on any atom is -0.480 e. The van der Waals surface area contributed by atoms with Crippen LogP contribution in [0.2, 0.25) is 0 Å². The molecule has 0 atom stereocenters. The van der Waals surface area contributed by atoms with Gasteiger partial charge in [0.2, 0.25) is 5.91 Å². The summed E-state index contributed by atoms with van der Waals surface area (Å²) in [6.45, 7) is 6.96. The average Bonchev–Trinajstić information content (AvgIpc) is 2.76. The maximum absolute atomic E-state index is 12.7. The highest BCUT2D eigenvalue weighted by Gasteiger charge is 2.45. The fourth-order valence-electron chi connectivity index (χ4n) is 2.36. The summed E-state index contributed by atoms with van der Waals surface area (Å²) in [6, 6.07) is 0.0465. The zero-order chi connectivity index (χ0) is 14.8. The van der Waals surface area contributed by atoms with Crippen LogP contribution in [-0.2, 0) is 9.59 Å². The van der Waals surface area contributed by atoms with Crippen molar-refractivity contribution in [2.45, 2.75) is 65.0 Å². The van der Waals surface area contributed by atoms with Crippen LogP contribution in [0.15, 0.2) is 0 Å². The van der Waals surface area contributed by atoms with Gasteiger partial charge in [-0.25, -0.2) is 0 Å². The van der Waals surface area contributed by atoms with E-state index in [4.69, 9.17) is 10.8 Å². The number of hydrogen-bond acceptors (Lipinski definition) is 3. The van der Waals surface area contributed by atoms with Crippen molar-refractivity contribution in [1.29, 1.82) is 0 Å². The van der Waals surface area contributed by atoms with Gasteiger partial charge in [0.15, 0.2) is 0 Å². The van der Waals surface area contributed by atoms with Crippen LogP contribution in [0.25, 0.3) is 0 Å². The summed E-state index contributed by atoms with van der Waals surface area (Å²) in [4.78, 5) is 25.3. The Kier molecular flexibility index (Phi) is 4.61. The molecule has 1 rings (SSSR count). The molecule has 0 aromatic rings. The Balaban J connectivity index is 2.97. The summed E-state index contributed by atoms with van der Waals surface area (Å²) >= 11 is 0. The molecule has 0 radical (unpaired) electrons. The van der Waals surface area contributed by atoms with Gasteiger partial charge in [-0.15, -0.1) is 0 Å². The number of carboxylic acids is 1. The van der Waals surface area contributed by atoms with Gasteiger partial charge in [0, 0.05) is 11.6 Å². The number of nitrogens with two attached hydrogens (primary N) is 1. The van der Waals surface area contributed by atoms with Crippen molar-refractivity contribution in [2.75, 3.05) is 6.54 Å². The Bertz CT molecular complexity index is 352. The lowest BCUT2D eigenvalue weighted by Gasteiger charge is -2.42. The van der Waals surface area contributed by atoms with E-state index < -0.39 is 16.9 Å². The number of carboxylic acid groups (broad SMARTS) is 1. The summed E-state index contributed by atoms with van der Waals surface area (Å²) in [5.41, 5.74) is 4.60. The van der Waals surface area contributed by atoms with Crippen LogP contribution in [0, 0.1) is 5.41 Å². The fourth-order valence-corrected chi connectivity index (χ4v) is 2.36. The molecular weight excluding hydrogens is 244 g/mol. The zero-order valence-corrected chi connectivity index (χ0v) is 12.4. The molecular formula is C14H26N2O3. The minimum atomic E-state index is -0.967. The first-order valence-electron chi connectivity index (χ1n) is 6.89. The Morgan fingerprint density at radius 2 is 1.68 bits per heavy atom. The van der Waals surface area contributed by atoms with Gasteiger partial charge in [-0.2, -0.15) is 0 Å². The quantitative estimate of drug-likeness (QED) is 0.795. The molecule has 0 aliphatic heterocycles. The van der Waals surface area contributed by atoms with Crippen molar-refractivity contribution in [3.05, 3.63) is 0 Å². The third-order valence-corrected chi connectivity index (χ3v) is 4.48. The predicted molar refractivity (Wildman–Crippen MR) is 73.7 cm³/mol. The molecule has 5 heteroatoms. The van der Waals surface area contributed by atoms with Gasteiger partial charge in [0.1, 0.15) is 6.54 Å². The molecule has 1 aliphatic rings. The second-order valence-electron chi connectivity index (χ2n) is 6.61. The molecule has 0 aromatic carbocycles. The van der Waals surface area contributed by atoms with E-state index >= 15 is 0 Å². The van der Waals surface area contributed by atoms with E-state index in [1.165, 1.54) is 4.90 Å². The first kappa shape index (κ1) is 16.0. The number of nitrogens with zero attached hydrogens (tertiary/aromatic N) is 1. The van der Waals surface area contributed by atoms with Gasteiger partial charge in [0.25, 0.3) is 0 Å². The van der Waals surface area contributed by atoms with E-state index in [-0.39, 0.29) is 18.5 Å². The Hall–Kier alpha value is -1.10. The topological polar surface area (TPSA) is 83.6 Å². The minimum absolute atomic E-state index is 0.0465. The summed E-state index contributed by atoms with van der Waals surface area (Å²) in [5.74, 6) is -1.12. The van der Waals surface area contributed by atoms with Crippen LogP contribution < -0.4 is 5.73 Å². The maximum atomic E-state index is 12.7. The fraction of sp³-hybridized carbons (Fsp3) is 0.857. The predicted octanol–water partition coefficient (Wildman–Crippen LogP) is 1.61. The second-order valence-corrected chi connectivity index (χ2v) is 6.61. The molecule has 110 valence electrons. The molecule has 1 aliphatic carbocycles. The van der Waals surface area contributed by atoms with E-state index in [2.05, 4.69) is 0 Å². The third kappa shape index (κ3) is 3.47. The first-order valence-corrected chi connectivity index (χ1v) is 6.89. The molecule has 0 aromatic heterocycles. The molecule has 1 saturated carbocycles. The molecule has 0 bridgehead atoms. The molecule has 0 saturated heterocycles. The summed E-state index contributed by atoms with van der Waals surface area (Å²) in [5, 5.41) is 9.04. The molecule has 1 fully saturated rings. The Morgan fingerprint density at radius 3 is 2.05 bits per heavy atom. The summed E-state index contributed by atoms with van der Waals surface area (Å²) < 4.78 is 0. The summed E-state index contributed by atoms with van der Waals surface area (Å²) in [7, 11) is 0. The van der Waals surface area contributed by atoms with Crippen molar-refractivity contribution < 1.29 is 14.7 Å². The van der Waals surface area contributed by atoms with E-state index in [9.17, 15) is 9.59 Å². The number of hydrogen-bond donors (Lipinski definition) is 2. The van der Waals surface area contributed by atoms with Crippen molar-refractivity contribution >= 4 is 11.9 Å². The van der Waals surface area contributed by atoms with Crippen LogP contribution >= 0.6 is 0 Å².